The minimum absolute atomic E-state index is 0.246. The Labute approximate surface area is 141 Å². The van der Waals surface area contributed by atoms with Gasteiger partial charge < -0.3 is 14.2 Å². The molecule has 0 saturated carbocycles. The van der Waals surface area contributed by atoms with Crippen LogP contribution in [0.5, 0.6) is 0 Å². The Morgan fingerprint density at radius 1 is 1.33 bits per heavy atom. The second kappa shape index (κ2) is 7.59. The normalized spacial score (nSPS) is 26.1. The molecule has 0 spiro atoms. The Morgan fingerprint density at radius 2 is 2.08 bits per heavy atom. The highest BCUT2D eigenvalue weighted by Crippen LogP contribution is 2.38. The van der Waals surface area contributed by atoms with Crippen molar-refractivity contribution in [1.29, 1.82) is 0 Å². The van der Waals surface area contributed by atoms with Crippen LogP contribution in [0.2, 0.25) is 0 Å². The maximum Gasteiger partial charge on any atom is 0.416 e. The van der Waals surface area contributed by atoms with Crippen LogP contribution in [0, 0.1) is 0 Å². The molecule has 1 atom stereocenters. The highest BCUT2D eigenvalue weighted by atomic mass is 16.9. The third-order valence-corrected chi connectivity index (χ3v) is 4.13. The molecule has 2 aliphatic rings. The lowest BCUT2D eigenvalue weighted by atomic mass is 10.1. The molecule has 0 aliphatic carbocycles. The number of benzene rings is 1. The number of likely N-dealkylation sites (tertiary alicyclic amines) is 1. The molecule has 0 bridgehead atoms. The number of carbonyl (C=O) groups excluding carboxylic acids is 2. The van der Waals surface area contributed by atoms with Crippen molar-refractivity contribution >= 4 is 12.0 Å². The van der Waals surface area contributed by atoms with E-state index in [9.17, 15) is 9.59 Å². The fourth-order valence-corrected chi connectivity index (χ4v) is 2.86. The summed E-state index contributed by atoms with van der Waals surface area (Å²) in [5.74, 6) is -0.246. The lowest BCUT2D eigenvalue weighted by Crippen LogP contribution is -2.52. The molecule has 2 amide bonds. The number of rotatable bonds is 6. The lowest BCUT2D eigenvalue weighted by Gasteiger charge is -2.41. The highest BCUT2D eigenvalue weighted by Gasteiger charge is 2.48. The van der Waals surface area contributed by atoms with Gasteiger partial charge in [0, 0.05) is 12.0 Å². The van der Waals surface area contributed by atoms with Gasteiger partial charge in [-0.25, -0.2) is 9.69 Å². The number of amides is 2. The maximum absolute atomic E-state index is 12.2. The smallest absolute Gasteiger partial charge is 0.416 e. The van der Waals surface area contributed by atoms with Crippen LogP contribution in [-0.4, -0.2) is 35.8 Å². The van der Waals surface area contributed by atoms with E-state index in [-0.39, 0.29) is 12.5 Å². The number of nitrogens with zero attached hydrogens (tertiary/aromatic N) is 1. The number of hydrogen-bond acceptors (Lipinski definition) is 5. The first-order chi connectivity index (χ1) is 11.7. The standard InChI is InChI=1S/C18H21NO5/c1-2-3-7-12-22-18(21)19-14(10-11-15(19)20)17-23-16(24-17)13-8-5-4-6-9-13/h2,4-6,8-9,14,16-17H,1,3,7,10-12H2/t14-,16?,17?/m0/s1. The summed E-state index contributed by atoms with van der Waals surface area (Å²) in [6, 6.07) is 9.12. The van der Waals surface area contributed by atoms with Crippen LogP contribution in [0.15, 0.2) is 43.0 Å². The molecule has 1 aromatic carbocycles. The summed E-state index contributed by atoms with van der Waals surface area (Å²) in [6.07, 6.45) is 2.37. The van der Waals surface area contributed by atoms with Gasteiger partial charge in [0.2, 0.25) is 5.91 Å². The van der Waals surface area contributed by atoms with E-state index >= 15 is 0 Å². The summed E-state index contributed by atoms with van der Waals surface area (Å²) < 4.78 is 16.7. The topological polar surface area (TPSA) is 65.1 Å². The molecule has 2 aliphatic heterocycles. The second-order valence-corrected chi connectivity index (χ2v) is 5.80. The summed E-state index contributed by atoms with van der Waals surface area (Å²) in [4.78, 5) is 25.3. The molecular weight excluding hydrogens is 310 g/mol. The molecule has 2 saturated heterocycles. The minimum Gasteiger partial charge on any atom is -0.449 e. The van der Waals surface area contributed by atoms with Crippen LogP contribution in [-0.2, 0) is 19.0 Å². The average Bonchev–Trinajstić information content (AvgIpc) is 2.92. The highest BCUT2D eigenvalue weighted by molar-refractivity contribution is 5.94. The molecule has 24 heavy (non-hydrogen) atoms. The molecule has 2 fully saturated rings. The first kappa shape index (κ1) is 16.7. The van der Waals surface area contributed by atoms with Crippen molar-refractivity contribution in [2.75, 3.05) is 6.61 Å². The number of allylic oxidation sites excluding steroid dienone is 1. The van der Waals surface area contributed by atoms with Crippen LogP contribution in [0.4, 0.5) is 4.79 Å². The van der Waals surface area contributed by atoms with Gasteiger partial charge in [-0.3, -0.25) is 4.79 Å². The van der Waals surface area contributed by atoms with Crippen molar-refractivity contribution in [2.45, 2.75) is 44.3 Å². The van der Waals surface area contributed by atoms with E-state index in [0.29, 0.717) is 19.3 Å². The Balaban J connectivity index is 1.54. The molecule has 0 N–H and O–H groups in total. The van der Waals surface area contributed by atoms with Gasteiger partial charge in [0.05, 0.1) is 12.6 Å². The summed E-state index contributed by atoms with van der Waals surface area (Å²) >= 11 is 0. The zero-order chi connectivity index (χ0) is 16.9. The molecule has 6 nitrogen and oxygen atoms in total. The quantitative estimate of drug-likeness (QED) is 0.592. The molecular formula is C18H21NO5. The van der Waals surface area contributed by atoms with Crippen LogP contribution < -0.4 is 0 Å². The fourth-order valence-electron chi connectivity index (χ4n) is 2.86. The zero-order valence-electron chi connectivity index (χ0n) is 13.4. The Morgan fingerprint density at radius 3 is 2.79 bits per heavy atom. The minimum atomic E-state index is -0.623. The van der Waals surface area contributed by atoms with Crippen molar-refractivity contribution in [3.63, 3.8) is 0 Å². The molecule has 128 valence electrons. The van der Waals surface area contributed by atoms with Gasteiger partial charge in [-0.1, -0.05) is 36.4 Å². The SMILES string of the molecule is C=CCCCOC(=O)N1C(=O)CC[C@H]1C1OC(c2ccccc2)O1. The van der Waals surface area contributed by atoms with E-state index in [1.807, 2.05) is 30.3 Å². The second-order valence-electron chi connectivity index (χ2n) is 5.80. The summed E-state index contributed by atoms with van der Waals surface area (Å²) in [7, 11) is 0. The van der Waals surface area contributed by atoms with Crippen LogP contribution in [0.25, 0.3) is 0 Å². The van der Waals surface area contributed by atoms with Crippen molar-refractivity contribution < 1.29 is 23.8 Å². The Kier molecular flexibility index (Phi) is 5.27. The summed E-state index contributed by atoms with van der Waals surface area (Å²) in [5.41, 5.74) is 0.914. The van der Waals surface area contributed by atoms with Gasteiger partial charge in [0.1, 0.15) is 0 Å². The van der Waals surface area contributed by atoms with E-state index in [1.165, 1.54) is 0 Å². The Bertz CT molecular complexity index is 597. The van der Waals surface area contributed by atoms with E-state index in [1.54, 1.807) is 6.08 Å². The number of unbranched alkanes of at least 4 members (excludes halogenated alkanes) is 1. The van der Waals surface area contributed by atoms with Gasteiger partial charge >= 0.3 is 6.09 Å². The molecule has 6 heteroatoms. The van der Waals surface area contributed by atoms with Crippen molar-refractivity contribution in [3.8, 4) is 0 Å². The monoisotopic (exact) mass is 331 g/mol. The van der Waals surface area contributed by atoms with Crippen LogP contribution in [0.1, 0.15) is 37.5 Å². The molecule has 0 unspecified atom stereocenters. The van der Waals surface area contributed by atoms with Gasteiger partial charge in [0.25, 0.3) is 0 Å². The summed E-state index contributed by atoms with van der Waals surface area (Å²) in [6.45, 7) is 3.88. The molecule has 0 radical (unpaired) electrons. The molecule has 0 aromatic heterocycles. The van der Waals surface area contributed by atoms with Crippen LogP contribution >= 0.6 is 0 Å². The van der Waals surface area contributed by atoms with Gasteiger partial charge in [-0.2, -0.15) is 0 Å². The predicted octanol–water partition coefficient (Wildman–Crippen LogP) is 3.15. The van der Waals surface area contributed by atoms with Gasteiger partial charge in [-0.15, -0.1) is 6.58 Å². The van der Waals surface area contributed by atoms with Gasteiger partial charge in [0.15, 0.2) is 12.6 Å². The first-order valence-corrected chi connectivity index (χ1v) is 8.16. The van der Waals surface area contributed by atoms with E-state index < -0.39 is 24.7 Å². The van der Waals surface area contributed by atoms with Crippen LogP contribution in [0.3, 0.4) is 0 Å². The number of hydrogen-bond donors (Lipinski definition) is 0. The predicted molar refractivity (Wildman–Crippen MR) is 85.8 cm³/mol. The van der Waals surface area contributed by atoms with E-state index in [4.69, 9.17) is 14.2 Å². The number of ether oxygens (including phenoxy) is 3. The first-order valence-electron chi connectivity index (χ1n) is 8.16. The largest absolute Gasteiger partial charge is 0.449 e. The summed E-state index contributed by atoms with van der Waals surface area (Å²) in [5, 5.41) is 0. The fraction of sp³-hybridized carbons (Fsp3) is 0.444. The number of imide groups is 1. The van der Waals surface area contributed by atoms with Crippen molar-refractivity contribution in [2.24, 2.45) is 0 Å². The number of carbonyl (C=O) groups is 2. The third kappa shape index (κ3) is 3.49. The average molecular weight is 331 g/mol. The van der Waals surface area contributed by atoms with Gasteiger partial charge in [-0.05, 0) is 19.3 Å². The molecule has 2 heterocycles. The lowest BCUT2D eigenvalue weighted by molar-refractivity contribution is -0.401. The molecule has 3 rings (SSSR count). The third-order valence-electron chi connectivity index (χ3n) is 4.13. The zero-order valence-corrected chi connectivity index (χ0v) is 13.4. The van der Waals surface area contributed by atoms with Crippen molar-refractivity contribution in [3.05, 3.63) is 48.6 Å². The van der Waals surface area contributed by atoms with E-state index in [2.05, 4.69) is 6.58 Å². The van der Waals surface area contributed by atoms with E-state index in [0.717, 1.165) is 16.9 Å². The van der Waals surface area contributed by atoms with Crippen molar-refractivity contribution in [1.82, 2.24) is 4.90 Å². The maximum atomic E-state index is 12.2. The Hall–Kier alpha value is -2.18. The molecule has 1 aromatic rings.